The summed E-state index contributed by atoms with van der Waals surface area (Å²) in [6.07, 6.45) is 0. The smallest absolute Gasteiger partial charge is 0.175 e. The Hall–Kier alpha value is -6.06. The van der Waals surface area contributed by atoms with Gasteiger partial charge in [0.1, 0.15) is 0 Å². The number of fused-ring (bicyclic) bond motifs is 4. The van der Waals surface area contributed by atoms with Crippen molar-refractivity contribution in [2.45, 2.75) is 26.2 Å². The zero-order valence-electron chi connectivity index (χ0n) is 27.9. The van der Waals surface area contributed by atoms with Gasteiger partial charge in [0.25, 0.3) is 0 Å². The molecule has 0 atom stereocenters. The summed E-state index contributed by atoms with van der Waals surface area (Å²) in [4.78, 5) is 4.79. The van der Waals surface area contributed by atoms with E-state index in [0.717, 1.165) is 45.5 Å². The summed E-state index contributed by atoms with van der Waals surface area (Å²) < 4.78 is 7.17. The van der Waals surface area contributed by atoms with Crippen LogP contribution in [-0.4, -0.2) is 0 Å². The van der Waals surface area contributed by atoms with Gasteiger partial charge in [0, 0.05) is 16.8 Å². The molecule has 9 rings (SSSR count). The molecule has 0 saturated heterocycles. The lowest BCUT2D eigenvalue weighted by molar-refractivity contribution is 0.472. The summed E-state index contributed by atoms with van der Waals surface area (Å²) >= 11 is 0. The zero-order valence-corrected chi connectivity index (χ0v) is 27.9. The Morgan fingerprint density at radius 2 is 1.12 bits per heavy atom. The molecule has 0 N–H and O–H groups in total. The number of benzene rings is 7. The summed E-state index contributed by atoms with van der Waals surface area (Å²) in [6, 6.07) is 58.4. The van der Waals surface area contributed by atoms with Crippen LogP contribution in [0.25, 0.3) is 22.3 Å². The van der Waals surface area contributed by atoms with Crippen molar-refractivity contribution < 1.29 is 4.74 Å². The van der Waals surface area contributed by atoms with Crippen LogP contribution in [0, 0.1) is 6.92 Å². The topological polar surface area (TPSA) is 15.7 Å². The fraction of sp³-hybridized carbons (Fsp3) is 0.0870. The van der Waals surface area contributed by atoms with E-state index in [0.29, 0.717) is 0 Å². The third kappa shape index (κ3) is 4.57. The Bertz CT molecular complexity index is 2330. The van der Waals surface area contributed by atoms with E-state index in [1.165, 1.54) is 39.1 Å². The first-order chi connectivity index (χ1) is 24.0. The molecule has 3 nitrogen and oxygen atoms in total. The van der Waals surface area contributed by atoms with E-state index in [1.54, 1.807) is 0 Å². The van der Waals surface area contributed by atoms with Crippen molar-refractivity contribution in [1.82, 2.24) is 0 Å². The molecule has 0 aliphatic carbocycles. The van der Waals surface area contributed by atoms with Crippen molar-refractivity contribution in [1.29, 1.82) is 0 Å². The van der Waals surface area contributed by atoms with Crippen LogP contribution in [-0.2, 0) is 5.41 Å². The van der Waals surface area contributed by atoms with Gasteiger partial charge >= 0.3 is 0 Å². The van der Waals surface area contributed by atoms with Gasteiger partial charge in [-0.25, -0.2) is 0 Å². The highest BCUT2D eigenvalue weighted by Crippen LogP contribution is 2.64. The van der Waals surface area contributed by atoms with Crippen LogP contribution in [0.3, 0.4) is 0 Å². The first-order valence-electron chi connectivity index (χ1n) is 17.0. The number of ether oxygens (including phenoxy) is 1. The molecular weight excluding hydrogens is 597 g/mol. The fourth-order valence-electron chi connectivity index (χ4n) is 7.81. The maximum absolute atomic E-state index is 7.17. The van der Waals surface area contributed by atoms with Crippen molar-refractivity contribution in [3.8, 4) is 33.8 Å². The lowest BCUT2D eigenvalue weighted by atomic mass is 9.70. The monoisotopic (exact) mass is 632 g/mol. The Kier molecular flexibility index (Phi) is 6.70. The lowest BCUT2D eigenvalue weighted by Gasteiger charge is -2.47. The second-order valence-corrected chi connectivity index (χ2v) is 13.4. The number of anilines is 6. The van der Waals surface area contributed by atoms with Crippen molar-refractivity contribution in [3.63, 3.8) is 0 Å². The Morgan fingerprint density at radius 1 is 0.531 bits per heavy atom. The predicted molar refractivity (Wildman–Crippen MR) is 204 cm³/mol. The number of rotatable bonds is 5. The minimum atomic E-state index is -0.257. The SMILES string of the molecule is Cc1ccc(N(c2ccccc2)c2ccc(-c3ccccc3)cc2)c2c1N1c3ccccc3C(C)(C)c3c(-c4ccccc4)ccc(c31)O2. The fourth-order valence-corrected chi connectivity index (χ4v) is 7.81. The number of nitrogens with zero attached hydrogens (tertiary/aromatic N) is 2. The summed E-state index contributed by atoms with van der Waals surface area (Å²) in [5, 5.41) is 0. The van der Waals surface area contributed by atoms with Crippen LogP contribution in [0.2, 0.25) is 0 Å². The second kappa shape index (κ2) is 11.3. The highest BCUT2D eigenvalue weighted by atomic mass is 16.5. The van der Waals surface area contributed by atoms with Crippen LogP contribution < -0.4 is 14.5 Å². The average molecular weight is 633 g/mol. The van der Waals surface area contributed by atoms with E-state index >= 15 is 0 Å². The van der Waals surface area contributed by atoms with Crippen LogP contribution in [0.5, 0.6) is 11.5 Å². The zero-order chi connectivity index (χ0) is 33.1. The molecule has 7 aromatic carbocycles. The molecule has 49 heavy (non-hydrogen) atoms. The minimum Gasteiger partial charge on any atom is -0.451 e. The number of hydrogen-bond donors (Lipinski definition) is 0. The van der Waals surface area contributed by atoms with Crippen molar-refractivity contribution in [3.05, 3.63) is 180 Å². The molecule has 7 aromatic rings. The van der Waals surface area contributed by atoms with E-state index < -0.39 is 0 Å². The number of para-hydroxylation sites is 2. The van der Waals surface area contributed by atoms with Gasteiger partial charge in [0.2, 0.25) is 0 Å². The molecule has 0 aromatic heterocycles. The summed E-state index contributed by atoms with van der Waals surface area (Å²) in [7, 11) is 0. The maximum Gasteiger partial charge on any atom is 0.175 e. The molecule has 236 valence electrons. The van der Waals surface area contributed by atoms with Gasteiger partial charge in [-0.05, 0) is 88.3 Å². The van der Waals surface area contributed by atoms with E-state index in [2.05, 4.69) is 194 Å². The molecule has 3 heteroatoms. The summed E-state index contributed by atoms with van der Waals surface area (Å²) in [6.45, 7) is 6.89. The van der Waals surface area contributed by atoms with E-state index in [4.69, 9.17) is 4.74 Å². The predicted octanol–water partition coefficient (Wildman–Crippen LogP) is 13.0. The molecule has 2 aliphatic heterocycles. The Morgan fingerprint density at radius 3 is 1.84 bits per heavy atom. The average Bonchev–Trinajstić information content (AvgIpc) is 3.15. The highest BCUT2D eigenvalue weighted by Gasteiger charge is 2.44. The van der Waals surface area contributed by atoms with Gasteiger partial charge < -0.3 is 14.5 Å². The van der Waals surface area contributed by atoms with Crippen molar-refractivity contribution in [2.75, 3.05) is 9.80 Å². The minimum absolute atomic E-state index is 0.257. The van der Waals surface area contributed by atoms with Gasteiger partial charge in [-0.3, -0.25) is 0 Å². The van der Waals surface area contributed by atoms with Crippen molar-refractivity contribution in [2.24, 2.45) is 0 Å². The highest BCUT2D eigenvalue weighted by molar-refractivity contribution is 6.00. The molecule has 0 bridgehead atoms. The molecule has 0 amide bonds. The molecule has 0 unspecified atom stereocenters. The van der Waals surface area contributed by atoms with E-state index in [-0.39, 0.29) is 5.41 Å². The standard InChI is InChI=1S/C46H36N2O/c1-31-23-29-40(47(35-19-11-6-12-20-35)36-26-24-33(25-27-36)32-15-7-4-8-16-32)45-43(31)48-39-22-14-13-21-38(39)46(2,3)42-37(34-17-9-5-10-18-34)28-30-41(49-45)44(42)48/h4-30H,1-3H3. The van der Waals surface area contributed by atoms with Gasteiger partial charge in [-0.2, -0.15) is 0 Å². The summed E-state index contributed by atoms with van der Waals surface area (Å²) in [5.74, 6) is 1.71. The lowest BCUT2D eigenvalue weighted by Crippen LogP contribution is -2.33. The molecule has 0 radical (unpaired) electrons. The molecule has 2 aliphatic rings. The van der Waals surface area contributed by atoms with E-state index in [9.17, 15) is 0 Å². The first kappa shape index (κ1) is 29.1. The number of hydrogen-bond acceptors (Lipinski definition) is 3. The van der Waals surface area contributed by atoms with Gasteiger partial charge in [-0.1, -0.05) is 135 Å². The van der Waals surface area contributed by atoms with Gasteiger partial charge in [0.15, 0.2) is 11.5 Å². The first-order valence-corrected chi connectivity index (χ1v) is 17.0. The van der Waals surface area contributed by atoms with E-state index in [1.807, 2.05) is 0 Å². The van der Waals surface area contributed by atoms with Gasteiger partial charge in [-0.15, -0.1) is 0 Å². The van der Waals surface area contributed by atoms with Crippen LogP contribution in [0.4, 0.5) is 34.1 Å². The maximum atomic E-state index is 7.17. The second-order valence-electron chi connectivity index (χ2n) is 13.4. The van der Waals surface area contributed by atoms with Crippen LogP contribution in [0.15, 0.2) is 164 Å². The van der Waals surface area contributed by atoms with Crippen molar-refractivity contribution >= 4 is 34.1 Å². The molecule has 0 fully saturated rings. The number of aryl methyl sites for hydroxylation is 1. The third-order valence-electron chi connectivity index (χ3n) is 10.1. The van der Waals surface area contributed by atoms with Gasteiger partial charge in [0.05, 0.1) is 22.7 Å². The molecule has 0 spiro atoms. The van der Waals surface area contributed by atoms with Crippen LogP contribution in [0.1, 0.15) is 30.5 Å². The molecular formula is C46H36N2O. The Labute approximate surface area is 288 Å². The normalized spacial score (nSPS) is 13.5. The van der Waals surface area contributed by atoms with Crippen LogP contribution >= 0.6 is 0 Å². The molecule has 2 heterocycles. The third-order valence-corrected chi connectivity index (χ3v) is 10.1. The Balaban J connectivity index is 1.28. The molecule has 0 saturated carbocycles. The quantitative estimate of drug-likeness (QED) is 0.188. The summed E-state index contributed by atoms with van der Waals surface area (Å²) in [5.41, 5.74) is 14.8. The largest absolute Gasteiger partial charge is 0.451 e.